The minimum absolute atomic E-state index is 0.0651. The molecule has 1 unspecified atom stereocenters. The van der Waals surface area contributed by atoms with E-state index in [-0.39, 0.29) is 5.60 Å². The molecule has 2 fully saturated rings. The van der Waals surface area contributed by atoms with Gasteiger partial charge in [-0.05, 0) is 39.0 Å². The number of hydrogen-bond acceptors (Lipinski definition) is 3. The third kappa shape index (κ3) is 2.20. The fourth-order valence-electron chi connectivity index (χ4n) is 2.30. The highest BCUT2D eigenvalue weighted by atomic mass is 32.2. The summed E-state index contributed by atoms with van der Waals surface area (Å²) in [6, 6.07) is 0. The summed E-state index contributed by atoms with van der Waals surface area (Å²) < 4.78 is 5.74. The van der Waals surface area contributed by atoms with Gasteiger partial charge in [0, 0.05) is 13.0 Å². The van der Waals surface area contributed by atoms with Crippen LogP contribution in [0.3, 0.4) is 0 Å². The molecule has 2 nitrogen and oxygen atoms in total. The van der Waals surface area contributed by atoms with Crippen molar-refractivity contribution in [2.45, 2.75) is 43.6 Å². The Morgan fingerprint density at radius 1 is 1.38 bits per heavy atom. The Morgan fingerprint density at radius 3 is 2.85 bits per heavy atom. The molecule has 0 amide bonds. The smallest absolute Gasteiger partial charge is 0.0694 e. The van der Waals surface area contributed by atoms with Crippen LogP contribution in [0.1, 0.15) is 33.1 Å². The number of ether oxygens (including phenoxy) is 1. The first-order valence-electron chi connectivity index (χ1n) is 5.15. The minimum atomic E-state index is 0.0651. The maximum absolute atomic E-state index is 5.74. The van der Waals surface area contributed by atoms with Gasteiger partial charge in [-0.1, -0.05) is 0 Å². The Hall–Kier alpha value is 0.270. The van der Waals surface area contributed by atoms with E-state index in [2.05, 4.69) is 30.9 Å². The van der Waals surface area contributed by atoms with Gasteiger partial charge in [-0.3, -0.25) is 0 Å². The molecule has 2 heterocycles. The van der Waals surface area contributed by atoms with E-state index in [1.54, 1.807) is 0 Å². The monoisotopic (exact) mass is 201 g/mol. The zero-order chi connectivity index (χ0) is 9.36. The molecule has 0 aromatic heterocycles. The quantitative estimate of drug-likeness (QED) is 0.647. The molecule has 76 valence electrons. The molecule has 2 saturated heterocycles. The number of hydrogen-bond donors (Lipinski definition) is 1. The lowest BCUT2D eigenvalue weighted by molar-refractivity contribution is -0.0695. The van der Waals surface area contributed by atoms with Crippen molar-refractivity contribution in [3.63, 3.8) is 0 Å². The van der Waals surface area contributed by atoms with Gasteiger partial charge in [0.2, 0.25) is 0 Å². The van der Waals surface area contributed by atoms with E-state index in [1.165, 1.54) is 25.1 Å². The summed E-state index contributed by atoms with van der Waals surface area (Å²) in [5.41, 5.74) is 0.0651. The van der Waals surface area contributed by atoms with Gasteiger partial charge in [0.1, 0.15) is 0 Å². The highest BCUT2D eigenvalue weighted by Crippen LogP contribution is 2.41. The largest absolute Gasteiger partial charge is 0.375 e. The maximum atomic E-state index is 5.74. The molecule has 2 aliphatic heterocycles. The first-order valence-corrected chi connectivity index (χ1v) is 6.14. The zero-order valence-electron chi connectivity index (χ0n) is 8.56. The lowest BCUT2D eigenvalue weighted by Crippen LogP contribution is -2.54. The molecule has 0 radical (unpaired) electrons. The van der Waals surface area contributed by atoms with Gasteiger partial charge in [-0.25, -0.2) is 0 Å². The van der Waals surface area contributed by atoms with Gasteiger partial charge in [0.25, 0.3) is 0 Å². The molecule has 0 aromatic rings. The second kappa shape index (κ2) is 3.44. The Morgan fingerprint density at radius 2 is 2.23 bits per heavy atom. The average Bonchev–Trinajstić information content (AvgIpc) is 2.03. The van der Waals surface area contributed by atoms with E-state index >= 15 is 0 Å². The summed E-state index contributed by atoms with van der Waals surface area (Å²) >= 11 is 2.10. The standard InChI is InChI=1S/C10H19NOS/c1-9(2)8-10(4-6-12-9)11-5-3-7-13-10/h11H,3-8H2,1-2H3. The fraction of sp³-hybridized carbons (Fsp3) is 1.00. The van der Waals surface area contributed by atoms with Crippen LogP contribution in [-0.4, -0.2) is 29.4 Å². The van der Waals surface area contributed by atoms with Crippen LogP contribution in [0.2, 0.25) is 0 Å². The summed E-state index contributed by atoms with van der Waals surface area (Å²) in [4.78, 5) is 0.333. The second-order valence-electron chi connectivity index (χ2n) is 4.66. The van der Waals surface area contributed by atoms with Crippen molar-refractivity contribution in [1.29, 1.82) is 0 Å². The number of thioether (sulfide) groups is 1. The third-order valence-corrected chi connectivity index (χ3v) is 4.39. The van der Waals surface area contributed by atoms with Gasteiger partial charge in [0.05, 0.1) is 10.5 Å². The summed E-state index contributed by atoms with van der Waals surface area (Å²) in [5.74, 6) is 1.31. The van der Waals surface area contributed by atoms with Crippen LogP contribution in [0.15, 0.2) is 0 Å². The van der Waals surface area contributed by atoms with Crippen molar-refractivity contribution in [1.82, 2.24) is 5.32 Å². The third-order valence-electron chi connectivity index (χ3n) is 2.86. The summed E-state index contributed by atoms with van der Waals surface area (Å²) in [7, 11) is 0. The second-order valence-corrected chi connectivity index (χ2v) is 6.14. The van der Waals surface area contributed by atoms with Crippen molar-refractivity contribution >= 4 is 11.8 Å². The Kier molecular flexibility index (Phi) is 2.60. The van der Waals surface area contributed by atoms with E-state index in [9.17, 15) is 0 Å². The molecular weight excluding hydrogens is 182 g/mol. The van der Waals surface area contributed by atoms with Crippen molar-refractivity contribution in [2.75, 3.05) is 18.9 Å². The Balaban J connectivity index is 2.04. The molecule has 13 heavy (non-hydrogen) atoms. The SMILES string of the molecule is CC1(C)CC2(CCO1)NCCCS2. The first kappa shape index (κ1) is 9.81. The van der Waals surface area contributed by atoms with E-state index in [0.717, 1.165) is 13.0 Å². The van der Waals surface area contributed by atoms with Crippen LogP contribution in [0.25, 0.3) is 0 Å². The van der Waals surface area contributed by atoms with Crippen LogP contribution < -0.4 is 5.32 Å². The van der Waals surface area contributed by atoms with Crippen LogP contribution >= 0.6 is 11.8 Å². The van der Waals surface area contributed by atoms with Crippen molar-refractivity contribution in [3.05, 3.63) is 0 Å². The molecule has 0 saturated carbocycles. The summed E-state index contributed by atoms with van der Waals surface area (Å²) in [6.45, 7) is 6.49. The van der Waals surface area contributed by atoms with Gasteiger partial charge in [-0.2, -0.15) is 0 Å². The Bertz CT molecular complexity index is 182. The van der Waals surface area contributed by atoms with Gasteiger partial charge < -0.3 is 10.1 Å². The first-order chi connectivity index (χ1) is 6.12. The van der Waals surface area contributed by atoms with E-state index < -0.39 is 0 Å². The van der Waals surface area contributed by atoms with Crippen LogP contribution in [0.4, 0.5) is 0 Å². The molecule has 3 heteroatoms. The lowest BCUT2D eigenvalue weighted by atomic mass is 9.93. The molecule has 1 spiro atoms. The van der Waals surface area contributed by atoms with Crippen molar-refractivity contribution < 1.29 is 4.74 Å². The number of nitrogens with one attached hydrogen (secondary N) is 1. The zero-order valence-corrected chi connectivity index (χ0v) is 9.38. The average molecular weight is 201 g/mol. The molecular formula is C10H19NOS. The normalized spacial score (nSPS) is 39.2. The van der Waals surface area contributed by atoms with Gasteiger partial charge >= 0.3 is 0 Å². The van der Waals surface area contributed by atoms with Gasteiger partial charge in [-0.15, -0.1) is 11.8 Å². The predicted molar refractivity (Wildman–Crippen MR) is 57.1 cm³/mol. The molecule has 1 atom stereocenters. The predicted octanol–water partition coefficient (Wildman–Crippen LogP) is 2.00. The minimum Gasteiger partial charge on any atom is -0.375 e. The van der Waals surface area contributed by atoms with Crippen molar-refractivity contribution in [3.8, 4) is 0 Å². The topological polar surface area (TPSA) is 21.3 Å². The Labute approximate surface area is 84.8 Å². The number of rotatable bonds is 0. The molecule has 2 aliphatic rings. The maximum Gasteiger partial charge on any atom is 0.0694 e. The fourth-order valence-corrected chi connectivity index (χ4v) is 3.86. The lowest BCUT2D eigenvalue weighted by Gasteiger charge is -2.46. The molecule has 0 aliphatic carbocycles. The van der Waals surface area contributed by atoms with Gasteiger partial charge in [0.15, 0.2) is 0 Å². The van der Waals surface area contributed by atoms with Crippen LogP contribution in [0.5, 0.6) is 0 Å². The van der Waals surface area contributed by atoms with E-state index in [4.69, 9.17) is 4.74 Å². The molecule has 0 bridgehead atoms. The van der Waals surface area contributed by atoms with E-state index in [0.29, 0.717) is 4.87 Å². The summed E-state index contributed by atoms with van der Waals surface area (Å²) in [6.07, 6.45) is 3.62. The highest BCUT2D eigenvalue weighted by molar-refractivity contribution is 8.00. The molecule has 0 aromatic carbocycles. The van der Waals surface area contributed by atoms with E-state index in [1.807, 2.05) is 0 Å². The molecule has 1 N–H and O–H groups in total. The summed E-state index contributed by atoms with van der Waals surface area (Å²) in [5, 5.41) is 3.67. The van der Waals surface area contributed by atoms with Crippen molar-refractivity contribution in [2.24, 2.45) is 0 Å². The highest BCUT2D eigenvalue weighted by Gasteiger charge is 2.41. The van der Waals surface area contributed by atoms with Crippen LogP contribution in [-0.2, 0) is 4.74 Å². The molecule has 2 rings (SSSR count). The van der Waals surface area contributed by atoms with Crippen LogP contribution in [0, 0.1) is 0 Å².